The van der Waals surface area contributed by atoms with Crippen LogP contribution in [0.3, 0.4) is 0 Å². The molecule has 0 fully saturated rings. The molecule has 6 rings (SSSR count). The van der Waals surface area contributed by atoms with Crippen LogP contribution in [0.15, 0.2) is 97.1 Å². The summed E-state index contributed by atoms with van der Waals surface area (Å²) in [5.41, 5.74) is 15.0. The highest BCUT2D eigenvalue weighted by atomic mass is 28.3. The number of fused-ring (bicyclic) bond motifs is 4. The van der Waals surface area contributed by atoms with Crippen molar-refractivity contribution in [1.29, 1.82) is 0 Å². The summed E-state index contributed by atoms with van der Waals surface area (Å²) in [5.74, 6) is 3.96. The molecule has 3 heteroatoms. The highest BCUT2D eigenvalue weighted by molar-refractivity contribution is 6.90. The van der Waals surface area contributed by atoms with Gasteiger partial charge in [0.1, 0.15) is 8.07 Å². The van der Waals surface area contributed by atoms with Crippen molar-refractivity contribution in [3.8, 4) is 11.5 Å². The van der Waals surface area contributed by atoms with Crippen LogP contribution in [0.25, 0.3) is 43.1 Å². The normalized spacial score (nSPS) is 12.1. The number of ketones is 1. The average molecular weight is 592 g/mol. The zero-order chi connectivity index (χ0) is 31.2. The first-order chi connectivity index (χ1) is 21.1. The maximum absolute atomic E-state index is 13.8. The molecule has 0 unspecified atom stereocenters. The van der Waals surface area contributed by atoms with Crippen LogP contribution in [0.4, 0.5) is 5.69 Å². The zero-order valence-corrected chi connectivity index (χ0v) is 27.7. The van der Waals surface area contributed by atoms with Crippen LogP contribution in [0.5, 0.6) is 0 Å². The van der Waals surface area contributed by atoms with Crippen LogP contribution in [0.1, 0.15) is 63.0 Å². The minimum atomic E-state index is -2.01. The average Bonchev–Trinajstić information content (AvgIpc) is 3.00. The van der Waals surface area contributed by atoms with E-state index in [1.54, 1.807) is 12.1 Å². The molecule has 0 saturated carbocycles. The van der Waals surface area contributed by atoms with Gasteiger partial charge in [-0.15, -0.1) is 5.54 Å². The van der Waals surface area contributed by atoms with Gasteiger partial charge in [0.2, 0.25) is 0 Å². The SMILES string of the molecule is CC(C)[Si](C#Cc1c2cc3ccccc3cc2c(CC(=O)c2ccc(N)cc2)c2cc3ccccc3cc12)(C(C)C)C(C)C. The van der Waals surface area contributed by atoms with Crippen molar-refractivity contribution < 1.29 is 4.79 Å². The molecule has 0 aliphatic rings. The standard InChI is InChI=1S/C41H41NOSi/c1-26(2)44(27(3)4,28(5)6)20-19-35-36-21-30-11-7-9-13-32(30)23-38(36)40(25-41(43)29-15-17-34(42)18-16-29)39-24-33-14-10-8-12-31(33)22-37(35)39/h7-18,21-24,26-28H,25,42H2,1-6H3. The topological polar surface area (TPSA) is 43.1 Å². The summed E-state index contributed by atoms with van der Waals surface area (Å²) < 4.78 is 0. The molecule has 6 aromatic carbocycles. The fourth-order valence-corrected chi connectivity index (χ4v) is 12.8. The smallest absolute Gasteiger partial charge is 0.167 e. The molecule has 0 bridgehead atoms. The van der Waals surface area contributed by atoms with Gasteiger partial charge in [-0.05, 0) is 114 Å². The molecule has 6 aromatic rings. The number of carbonyl (C=O) groups excluding carboxylic acids is 1. The monoisotopic (exact) mass is 591 g/mol. The van der Waals surface area contributed by atoms with Crippen molar-refractivity contribution in [2.24, 2.45) is 0 Å². The Labute approximate surface area is 262 Å². The predicted octanol–water partition coefficient (Wildman–Crippen LogP) is 10.9. The molecule has 2 N–H and O–H groups in total. The Morgan fingerprint density at radius 3 is 1.45 bits per heavy atom. The first-order valence-corrected chi connectivity index (χ1v) is 18.0. The van der Waals surface area contributed by atoms with E-state index in [4.69, 9.17) is 5.73 Å². The molecule has 44 heavy (non-hydrogen) atoms. The van der Waals surface area contributed by atoms with Crippen molar-refractivity contribution in [2.45, 2.75) is 64.6 Å². The van der Waals surface area contributed by atoms with Gasteiger partial charge >= 0.3 is 0 Å². The Morgan fingerprint density at radius 1 is 0.636 bits per heavy atom. The Hall–Kier alpha value is -4.39. The first-order valence-electron chi connectivity index (χ1n) is 15.8. The number of anilines is 1. The van der Waals surface area contributed by atoms with Crippen LogP contribution >= 0.6 is 0 Å². The van der Waals surface area contributed by atoms with Gasteiger partial charge in [0.15, 0.2) is 5.78 Å². The van der Waals surface area contributed by atoms with Crippen molar-refractivity contribution >= 4 is 62.6 Å². The number of Topliss-reactive ketones (excluding diaryl/α,β-unsaturated/α-hetero) is 1. The second-order valence-electron chi connectivity index (χ2n) is 13.2. The van der Waals surface area contributed by atoms with Crippen molar-refractivity contribution in [3.05, 3.63) is 114 Å². The Morgan fingerprint density at radius 2 is 1.05 bits per heavy atom. The zero-order valence-electron chi connectivity index (χ0n) is 26.7. The number of carbonyl (C=O) groups is 1. The number of hydrogen-bond donors (Lipinski definition) is 1. The summed E-state index contributed by atoms with van der Waals surface area (Å²) in [7, 11) is -2.01. The number of nitrogen functional groups attached to an aromatic ring is 1. The van der Waals surface area contributed by atoms with E-state index < -0.39 is 8.07 Å². The summed E-state index contributed by atoms with van der Waals surface area (Å²) in [6.07, 6.45) is 0.296. The fraction of sp³-hybridized carbons (Fsp3) is 0.244. The van der Waals surface area contributed by atoms with E-state index in [-0.39, 0.29) is 5.78 Å². The molecule has 0 amide bonds. The minimum Gasteiger partial charge on any atom is -0.399 e. The van der Waals surface area contributed by atoms with Gasteiger partial charge in [-0.3, -0.25) is 4.79 Å². The largest absolute Gasteiger partial charge is 0.399 e. The van der Waals surface area contributed by atoms with Gasteiger partial charge < -0.3 is 5.73 Å². The van der Waals surface area contributed by atoms with Crippen LogP contribution in [0, 0.1) is 11.5 Å². The highest BCUT2D eigenvalue weighted by Crippen LogP contribution is 2.42. The van der Waals surface area contributed by atoms with E-state index in [9.17, 15) is 4.79 Å². The summed E-state index contributed by atoms with van der Waals surface area (Å²) >= 11 is 0. The van der Waals surface area contributed by atoms with E-state index in [1.807, 2.05) is 12.1 Å². The molecular formula is C41H41NOSi. The molecule has 0 heterocycles. The maximum atomic E-state index is 13.8. The van der Waals surface area contributed by atoms with E-state index in [0.29, 0.717) is 34.3 Å². The molecule has 0 saturated heterocycles. The third-order valence-corrected chi connectivity index (χ3v) is 16.1. The van der Waals surface area contributed by atoms with Gasteiger partial charge in [-0.1, -0.05) is 96.0 Å². The fourth-order valence-electron chi connectivity index (χ4n) is 7.54. The second kappa shape index (κ2) is 11.6. The molecule has 0 atom stereocenters. The molecule has 0 radical (unpaired) electrons. The molecular weight excluding hydrogens is 551 g/mol. The highest BCUT2D eigenvalue weighted by Gasteiger charge is 2.41. The van der Waals surface area contributed by atoms with Crippen molar-refractivity contribution in [3.63, 3.8) is 0 Å². The van der Waals surface area contributed by atoms with Crippen molar-refractivity contribution in [2.75, 3.05) is 5.73 Å². The maximum Gasteiger partial charge on any atom is 0.167 e. The van der Waals surface area contributed by atoms with Crippen LogP contribution in [-0.4, -0.2) is 13.9 Å². The van der Waals surface area contributed by atoms with E-state index in [0.717, 1.165) is 43.4 Å². The van der Waals surface area contributed by atoms with Crippen LogP contribution < -0.4 is 5.73 Å². The van der Waals surface area contributed by atoms with Crippen LogP contribution in [-0.2, 0) is 6.42 Å². The van der Waals surface area contributed by atoms with Gasteiger partial charge in [0.25, 0.3) is 0 Å². The molecule has 2 nitrogen and oxygen atoms in total. The van der Waals surface area contributed by atoms with Gasteiger partial charge in [-0.2, -0.15) is 0 Å². The van der Waals surface area contributed by atoms with Gasteiger partial charge in [0, 0.05) is 23.2 Å². The first kappa shape index (κ1) is 29.7. The number of benzene rings is 6. The van der Waals surface area contributed by atoms with E-state index in [2.05, 4.69) is 126 Å². The summed E-state index contributed by atoms with van der Waals surface area (Å²) in [4.78, 5) is 13.8. The van der Waals surface area contributed by atoms with E-state index >= 15 is 0 Å². The third kappa shape index (κ3) is 5.08. The van der Waals surface area contributed by atoms with E-state index in [1.165, 1.54) is 10.8 Å². The van der Waals surface area contributed by atoms with Crippen LogP contribution in [0.2, 0.25) is 16.6 Å². The lowest BCUT2D eigenvalue weighted by molar-refractivity contribution is 0.0993. The predicted molar refractivity (Wildman–Crippen MR) is 193 cm³/mol. The molecule has 0 aromatic heterocycles. The lowest BCUT2D eigenvalue weighted by atomic mass is 9.86. The summed E-state index contributed by atoms with van der Waals surface area (Å²) in [6.45, 7) is 14.2. The quantitative estimate of drug-likeness (QED) is 0.0688. The van der Waals surface area contributed by atoms with Crippen molar-refractivity contribution in [1.82, 2.24) is 0 Å². The second-order valence-corrected chi connectivity index (χ2v) is 18.8. The molecule has 0 aliphatic heterocycles. The minimum absolute atomic E-state index is 0.0820. The van der Waals surface area contributed by atoms with Gasteiger partial charge in [-0.25, -0.2) is 0 Å². The van der Waals surface area contributed by atoms with Gasteiger partial charge in [0.05, 0.1) is 0 Å². The molecule has 0 aliphatic carbocycles. The Balaban J connectivity index is 1.74. The molecule has 220 valence electrons. The Kier molecular flexibility index (Phi) is 7.82. The lowest BCUT2D eigenvalue weighted by Crippen LogP contribution is -2.43. The summed E-state index contributed by atoms with van der Waals surface area (Å²) in [5, 5.41) is 9.14. The number of rotatable bonds is 6. The third-order valence-electron chi connectivity index (χ3n) is 9.80. The number of nitrogens with two attached hydrogens (primary N) is 1. The summed E-state index contributed by atoms with van der Waals surface area (Å²) in [6, 6.07) is 33.4. The molecule has 0 spiro atoms. The Bertz CT molecular complexity index is 1990. The lowest BCUT2D eigenvalue weighted by Gasteiger charge is -2.38. The number of hydrogen-bond acceptors (Lipinski definition) is 2.